The van der Waals surface area contributed by atoms with Gasteiger partial charge in [0.2, 0.25) is 0 Å². The minimum Gasteiger partial charge on any atom is -0.495 e. The standard InChI is InChI=1S/C20H25N3O3S/c1-20(2,3)27-17-11-23-14(10-22-18(23)9-15(17)24-4)12-7-13(21)19(26-6)16(8-12)25-5/h7-11H,21H2,1-6H3. The van der Waals surface area contributed by atoms with Gasteiger partial charge in [-0.1, -0.05) is 20.8 Å². The molecule has 7 heteroatoms. The topological polar surface area (TPSA) is 71.0 Å². The maximum absolute atomic E-state index is 6.16. The van der Waals surface area contributed by atoms with Crippen molar-refractivity contribution in [3.63, 3.8) is 0 Å². The number of aromatic nitrogens is 2. The van der Waals surface area contributed by atoms with Crippen LogP contribution in [-0.2, 0) is 0 Å². The quantitative estimate of drug-likeness (QED) is 0.513. The van der Waals surface area contributed by atoms with Gasteiger partial charge >= 0.3 is 0 Å². The molecule has 0 saturated carbocycles. The first-order chi connectivity index (χ1) is 12.8. The number of ether oxygens (including phenoxy) is 3. The number of benzene rings is 1. The molecule has 1 aromatic carbocycles. The van der Waals surface area contributed by atoms with Crippen LogP contribution < -0.4 is 19.9 Å². The lowest BCUT2D eigenvalue weighted by Crippen LogP contribution is -2.07. The molecule has 27 heavy (non-hydrogen) atoms. The Labute approximate surface area is 163 Å². The van der Waals surface area contributed by atoms with E-state index in [1.54, 1.807) is 33.1 Å². The molecule has 0 aliphatic rings. The summed E-state index contributed by atoms with van der Waals surface area (Å²) in [6.07, 6.45) is 3.88. The van der Waals surface area contributed by atoms with Crippen molar-refractivity contribution in [2.45, 2.75) is 30.4 Å². The number of imidazole rings is 1. The number of hydrogen-bond donors (Lipinski definition) is 1. The van der Waals surface area contributed by atoms with Gasteiger partial charge in [0.05, 0.1) is 43.8 Å². The number of fused-ring (bicyclic) bond motifs is 1. The predicted molar refractivity (Wildman–Crippen MR) is 110 cm³/mol. The van der Waals surface area contributed by atoms with Crippen molar-refractivity contribution >= 4 is 23.1 Å². The van der Waals surface area contributed by atoms with Crippen molar-refractivity contribution in [2.75, 3.05) is 27.1 Å². The number of nitrogen functional groups attached to an aromatic ring is 1. The summed E-state index contributed by atoms with van der Waals surface area (Å²) in [6, 6.07) is 5.72. The van der Waals surface area contributed by atoms with E-state index in [1.807, 2.05) is 28.8 Å². The Bertz CT molecular complexity index is 977. The zero-order valence-electron chi connectivity index (χ0n) is 16.5. The first kappa shape index (κ1) is 19.2. The molecule has 2 heterocycles. The fourth-order valence-electron chi connectivity index (χ4n) is 2.91. The molecule has 2 N–H and O–H groups in total. The van der Waals surface area contributed by atoms with Crippen molar-refractivity contribution in [3.8, 4) is 28.5 Å². The van der Waals surface area contributed by atoms with E-state index in [0.29, 0.717) is 17.2 Å². The van der Waals surface area contributed by atoms with E-state index in [1.165, 1.54) is 0 Å². The third kappa shape index (κ3) is 3.78. The maximum Gasteiger partial charge on any atom is 0.183 e. The molecular weight excluding hydrogens is 362 g/mol. The monoisotopic (exact) mass is 387 g/mol. The normalized spacial score (nSPS) is 11.6. The van der Waals surface area contributed by atoms with E-state index in [2.05, 4.69) is 32.0 Å². The lowest BCUT2D eigenvalue weighted by Gasteiger charge is -2.20. The number of nitrogens with zero attached hydrogens (tertiary/aromatic N) is 2. The summed E-state index contributed by atoms with van der Waals surface area (Å²) in [7, 11) is 4.85. The molecule has 0 bridgehead atoms. The van der Waals surface area contributed by atoms with Crippen LogP contribution in [0.25, 0.3) is 16.9 Å². The number of anilines is 1. The number of rotatable bonds is 5. The Balaban J connectivity index is 2.19. The van der Waals surface area contributed by atoms with Gasteiger partial charge in [-0.25, -0.2) is 4.98 Å². The molecule has 0 saturated heterocycles. The zero-order valence-corrected chi connectivity index (χ0v) is 17.3. The van der Waals surface area contributed by atoms with Gasteiger partial charge in [0.1, 0.15) is 11.4 Å². The van der Waals surface area contributed by atoms with Gasteiger partial charge in [0.25, 0.3) is 0 Å². The van der Waals surface area contributed by atoms with Gasteiger partial charge in [-0.2, -0.15) is 0 Å². The van der Waals surface area contributed by atoms with Crippen LogP contribution in [0.2, 0.25) is 0 Å². The second-order valence-electron chi connectivity index (χ2n) is 7.09. The average molecular weight is 388 g/mol. The molecule has 2 aromatic heterocycles. The van der Waals surface area contributed by atoms with Gasteiger partial charge in [-0.15, -0.1) is 11.8 Å². The van der Waals surface area contributed by atoms with Crippen LogP contribution in [0.4, 0.5) is 5.69 Å². The van der Waals surface area contributed by atoms with Crippen LogP contribution in [0, 0.1) is 0 Å². The van der Waals surface area contributed by atoms with Gasteiger partial charge in [0, 0.05) is 22.6 Å². The molecule has 0 unspecified atom stereocenters. The van der Waals surface area contributed by atoms with Crippen LogP contribution in [0.15, 0.2) is 35.5 Å². The van der Waals surface area contributed by atoms with E-state index in [9.17, 15) is 0 Å². The Morgan fingerprint density at radius 2 is 1.70 bits per heavy atom. The molecular formula is C20H25N3O3S. The van der Waals surface area contributed by atoms with Gasteiger partial charge in [-0.05, 0) is 12.1 Å². The highest BCUT2D eigenvalue weighted by atomic mass is 32.2. The highest BCUT2D eigenvalue weighted by Crippen LogP contribution is 2.41. The summed E-state index contributed by atoms with van der Waals surface area (Å²) in [6.45, 7) is 6.52. The van der Waals surface area contributed by atoms with Crippen molar-refractivity contribution in [1.82, 2.24) is 9.38 Å². The van der Waals surface area contributed by atoms with Crippen molar-refractivity contribution in [1.29, 1.82) is 0 Å². The van der Waals surface area contributed by atoms with Crippen LogP contribution in [0.3, 0.4) is 0 Å². The Morgan fingerprint density at radius 1 is 1.00 bits per heavy atom. The summed E-state index contributed by atoms with van der Waals surface area (Å²) in [4.78, 5) is 5.58. The third-order valence-electron chi connectivity index (χ3n) is 4.01. The Morgan fingerprint density at radius 3 is 2.30 bits per heavy atom. The largest absolute Gasteiger partial charge is 0.495 e. The summed E-state index contributed by atoms with van der Waals surface area (Å²) < 4.78 is 18.4. The SMILES string of the molecule is COc1cc2ncc(-c3cc(N)c(OC)c(OC)c3)n2cc1SC(C)(C)C. The number of nitrogens with two attached hydrogens (primary N) is 1. The molecule has 0 aliphatic heterocycles. The molecule has 3 aromatic rings. The molecule has 0 radical (unpaired) electrons. The number of thioether (sulfide) groups is 1. The molecule has 0 aliphatic carbocycles. The first-order valence-electron chi connectivity index (χ1n) is 8.53. The van der Waals surface area contributed by atoms with E-state index < -0.39 is 0 Å². The molecule has 0 atom stereocenters. The highest BCUT2D eigenvalue weighted by molar-refractivity contribution is 8.00. The second kappa shape index (κ2) is 7.23. The first-order valence-corrected chi connectivity index (χ1v) is 9.35. The molecule has 144 valence electrons. The summed E-state index contributed by atoms with van der Waals surface area (Å²) in [5, 5.41) is 0. The van der Waals surface area contributed by atoms with E-state index >= 15 is 0 Å². The highest BCUT2D eigenvalue weighted by Gasteiger charge is 2.19. The second-order valence-corrected chi connectivity index (χ2v) is 8.96. The van der Waals surface area contributed by atoms with Gasteiger partial charge in [-0.3, -0.25) is 4.40 Å². The smallest absolute Gasteiger partial charge is 0.183 e. The maximum atomic E-state index is 6.16. The number of methoxy groups -OCH3 is 3. The lowest BCUT2D eigenvalue weighted by molar-refractivity contribution is 0.356. The lowest BCUT2D eigenvalue weighted by atomic mass is 10.1. The van der Waals surface area contributed by atoms with Crippen LogP contribution >= 0.6 is 11.8 Å². The predicted octanol–water partition coefficient (Wildman–Crippen LogP) is 4.50. The molecule has 6 nitrogen and oxygen atoms in total. The average Bonchev–Trinajstić information content (AvgIpc) is 3.01. The van der Waals surface area contributed by atoms with Crippen molar-refractivity contribution in [2.24, 2.45) is 0 Å². The summed E-state index contributed by atoms with van der Waals surface area (Å²) in [5.41, 5.74) is 9.28. The fraction of sp³-hybridized carbons (Fsp3) is 0.350. The summed E-state index contributed by atoms with van der Waals surface area (Å²) in [5.74, 6) is 1.92. The zero-order chi connectivity index (χ0) is 19.8. The van der Waals surface area contributed by atoms with Gasteiger partial charge < -0.3 is 19.9 Å². The van der Waals surface area contributed by atoms with Crippen LogP contribution in [0.5, 0.6) is 17.2 Å². The molecule has 0 fully saturated rings. The van der Waals surface area contributed by atoms with Crippen LogP contribution in [-0.4, -0.2) is 35.5 Å². The van der Waals surface area contributed by atoms with E-state index in [-0.39, 0.29) is 4.75 Å². The fourth-order valence-corrected chi connectivity index (χ4v) is 3.97. The molecule has 0 amide bonds. The number of hydrogen-bond acceptors (Lipinski definition) is 6. The minimum atomic E-state index is 0.0511. The third-order valence-corrected chi connectivity index (χ3v) is 5.15. The number of pyridine rings is 1. The Hall–Kier alpha value is -2.54. The van der Waals surface area contributed by atoms with Crippen molar-refractivity contribution < 1.29 is 14.2 Å². The summed E-state index contributed by atoms with van der Waals surface area (Å²) >= 11 is 1.75. The van der Waals surface area contributed by atoms with Crippen LogP contribution in [0.1, 0.15) is 20.8 Å². The van der Waals surface area contributed by atoms with E-state index in [4.69, 9.17) is 19.9 Å². The minimum absolute atomic E-state index is 0.0511. The molecule has 3 rings (SSSR count). The van der Waals surface area contributed by atoms with E-state index in [0.717, 1.165) is 27.5 Å². The Kier molecular flexibility index (Phi) is 5.15. The molecule has 0 spiro atoms. The van der Waals surface area contributed by atoms with Crippen molar-refractivity contribution in [3.05, 3.63) is 30.6 Å². The van der Waals surface area contributed by atoms with Gasteiger partial charge in [0.15, 0.2) is 11.5 Å².